The minimum Gasteiger partial charge on any atom is -0.494 e. The number of methoxy groups -OCH3 is 1. The molecular formula is C9H7IOS2. The lowest BCUT2D eigenvalue weighted by Gasteiger charge is -1.97. The smallest absolute Gasteiger partial charge is 0.150 e. The van der Waals surface area contributed by atoms with Crippen molar-refractivity contribution in [3.05, 3.63) is 21.8 Å². The minimum atomic E-state index is 0.889. The molecule has 0 N–H and O–H groups in total. The Hall–Kier alpha value is 0.0600. The number of ether oxygens (including phenoxy) is 1. The maximum Gasteiger partial charge on any atom is 0.150 e. The summed E-state index contributed by atoms with van der Waals surface area (Å²) in [7, 11) is 1.68. The van der Waals surface area contributed by atoms with E-state index in [0.717, 1.165) is 15.3 Å². The van der Waals surface area contributed by atoms with Crippen molar-refractivity contribution in [2.24, 2.45) is 0 Å². The van der Waals surface area contributed by atoms with Gasteiger partial charge in [-0.2, -0.15) is 0 Å². The summed E-state index contributed by atoms with van der Waals surface area (Å²) in [6, 6.07) is 6.29. The van der Waals surface area contributed by atoms with Gasteiger partial charge in [-0.3, -0.25) is 0 Å². The van der Waals surface area contributed by atoms with Gasteiger partial charge in [-0.1, -0.05) is 0 Å². The van der Waals surface area contributed by atoms with Gasteiger partial charge in [0.25, 0.3) is 0 Å². The van der Waals surface area contributed by atoms with Crippen molar-refractivity contribution in [2.45, 2.75) is 4.21 Å². The molecule has 1 heterocycles. The van der Waals surface area contributed by atoms with E-state index in [2.05, 4.69) is 53.4 Å². The van der Waals surface area contributed by atoms with Crippen molar-refractivity contribution in [2.75, 3.05) is 7.11 Å². The lowest BCUT2D eigenvalue weighted by atomic mass is 10.2. The summed E-state index contributed by atoms with van der Waals surface area (Å²) in [4.78, 5) is 0. The van der Waals surface area contributed by atoms with Crippen LogP contribution < -0.4 is 4.74 Å². The largest absolute Gasteiger partial charge is 0.494 e. The summed E-state index contributed by atoms with van der Waals surface area (Å²) < 4.78 is 8.68. The molecule has 0 radical (unpaired) electrons. The van der Waals surface area contributed by atoms with Gasteiger partial charge in [0, 0.05) is 13.7 Å². The lowest BCUT2D eigenvalue weighted by Crippen LogP contribution is -1.80. The lowest BCUT2D eigenvalue weighted by molar-refractivity contribution is 0.413. The fourth-order valence-corrected chi connectivity index (χ4v) is 3.39. The first-order chi connectivity index (χ1) is 6.22. The molecule has 0 aliphatic rings. The van der Waals surface area contributed by atoms with Crippen molar-refractivity contribution in [3.8, 4) is 5.75 Å². The quantitative estimate of drug-likeness (QED) is 0.621. The molecule has 0 saturated heterocycles. The number of thiol groups is 1. The van der Waals surface area contributed by atoms with E-state index in [4.69, 9.17) is 4.74 Å². The zero-order valence-corrected chi connectivity index (χ0v) is 10.7. The number of benzene rings is 1. The van der Waals surface area contributed by atoms with Crippen molar-refractivity contribution in [1.29, 1.82) is 0 Å². The zero-order chi connectivity index (χ0) is 9.42. The minimum absolute atomic E-state index is 0.889. The van der Waals surface area contributed by atoms with Gasteiger partial charge in [0.1, 0.15) is 4.21 Å². The summed E-state index contributed by atoms with van der Waals surface area (Å²) in [5.41, 5.74) is 0. The van der Waals surface area contributed by atoms with Crippen LogP contribution in [0.5, 0.6) is 5.75 Å². The SMILES string of the molecule is COc1c(S)sc2cc(I)ccc12. The summed E-state index contributed by atoms with van der Waals surface area (Å²) in [6.07, 6.45) is 0. The fraction of sp³-hybridized carbons (Fsp3) is 0.111. The molecule has 68 valence electrons. The second-order valence-corrected chi connectivity index (χ2v) is 5.63. The van der Waals surface area contributed by atoms with E-state index in [-0.39, 0.29) is 0 Å². The highest BCUT2D eigenvalue weighted by Gasteiger charge is 2.09. The summed E-state index contributed by atoms with van der Waals surface area (Å²) in [6.45, 7) is 0. The van der Waals surface area contributed by atoms with Gasteiger partial charge in [0.2, 0.25) is 0 Å². The van der Waals surface area contributed by atoms with Gasteiger partial charge in [-0.25, -0.2) is 0 Å². The van der Waals surface area contributed by atoms with E-state index in [1.54, 1.807) is 18.4 Å². The van der Waals surface area contributed by atoms with E-state index in [1.807, 2.05) is 0 Å². The average molecular weight is 322 g/mol. The summed E-state index contributed by atoms with van der Waals surface area (Å²) in [5, 5.41) is 1.15. The van der Waals surface area contributed by atoms with Gasteiger partial charge in [0.15, 0.2) is 5.75 Å². The Bertz CT molecular complexity index is 450. The normalized spacial score (nSPS) is 10.7. The zero-order valence-electron chi connectivity index (χ0n) is 6.87. The Labute approximate surface area is 99.6 Å². The first kappa shape index (κ1) is 9.61. The second-order valence-electron chi connectivity index (χ2n) is 2.58. The van der Waals surface area contributed by atoms with Crippen LogP contribution in [0.4, 0.5) is 0 Å². The third kappa shape index (κ3) is 1.67. The van der Waals surface area contributed by atoms with E-state index < -0.39 is 0 Å². The van der Waals surface area contributed by atoms with Crippen LogP contribution >= 0.6 is 46.6 Å². The first-order valence-corrected chi connectivity index (χ1v) is 6.01. The Morgan fingerprint density at radius 2 is 2.23 bits per heavy atom. The summed E-state index contributed by atoms with van der Waals surface area (Å²) >= 11 is 8.32. The number of hydrogen-bond donors (Lipinski definition) is 1. The van der Waals surface area contributed by atoms with Crippen LogP contribution in [0.3, 0.4) is 0 Å². The summed E-state index contributed by atoms with van der Waals surface area (Å²) in [5.74, 6) is 0.889. The Kier molecular flexibility index (Phi) is 2.71. The highest BCUT2D eigenvalue weighted by Crippen LogP contribution is 2.40. The van der Waals surface area contributed by atoms with Crippen LogP contribution in [-0.2, 0) is 0 Å². The second kappa shape index (κ2) is 3.67. The number of rotatable bonds is 1. The van der Waals surface area contributed by atoms with Gasteiger partial charge >= 0.3 is 0 Å². The van der Waals surface area contributed by atoms with E-state index in [1.165, 1.54) is 8.27 Å². The molecule has 0 bridgehead atoms. The highest BCUT2D eigenvalue weighted by molar-refractivity contribution is 14.1. The molecule has 0 saturated carbocycles. The maximum atomic E-state index is 5.27. The molecule has 0 aliphatic carbocycles. The molecule has 13 heavy (non-hydrogen) atoms. The molecule has 0 unspecified atom stereocenters. The molecule has 4 heteroatoms. The van der Waals surface area contributed by atoms with Crippen LogP contribution in [0.15, 0.2) is 22.4 Å². The monoisotopic (exact) mass is 322 g/mol. The maximum absolute atomic E-state index is 5.27. The standard InChI is InChI=1S/C9H7IOS2/c1-11-8-6-3-2-5(10)4-7(6)13-9(8)12/h2-4,12H,1H3. The third-order valence-corrected chi connectivity index (χ3v) is 3.88. The molecule has 2 aromatic rings. The Morgan fingerprint density at radius 1 is 1.46 bits per heavy atom. The van der Waals surface area contributed by atoms with Crippen molar-refractivity contribution in [1.82, 2.24) is 0 Å². The van der Waals surface area contributed by atoms with Crippen LogP contribution in [0.25, 0.3) is 10.1 Å². The molecule has 0 amide bonds. The Morgan fingerprint density at radius 3 is 2.92 bits per heavy atom. The van der Waals surface area contributed by atoms with Crippen molar-refractivity contribution < 1.29 is 4.74 Å². The van der Waals surface area contributed by atoms with Gasteiger partial charge < -0.3 is 4.74 Å². The van der Waals surface area contributed by atoms with E-state index in [9.17, 15) is 0 Å². The van der Waals surface area contributed by atoms with Crippen LogP contribution in [0.1, 0.15) is 0 Å². The van der Waals surface area contributed by atoms with Crippen LogP contribution in [0, 0.1) is 3.57 Å². The molecule has 0 aliphatic heterocycles. The number of thiophene rings is 1. The Balaban J connectivity index is 2.79. The van der Waals surface area contributed by atoms with E-state index >= 15 is 0 Å². The molecule has 0 spiro atoms. The number of hydrogen-bond acceptors (Lipinski definition) is 3. The first-order valence-electron chi connectivity index (χ1n) is 3.67. The fourth-order valence-electron chi connectivity index (χ4n) is 1.23. The molecule has 1 nitrogen and oxygen atoms in total. The number of fused-ring (bicyclic) bond motifs is 1. The molecule has 2 rings (SSSR count). The third-order valence-electron chi connectivity index (χ3n) is 1.79. The van der Waals surface area contributed by atoms with Gasteiger partial charge in [-0.15, -0.1) is 24.0 Å². The van der Waals surface area contributed by atoms with Crippen LogP contribution in [0.2, 0.25) is 0 Å². The molecular weight excluding hydrogens is 315 g/mol. The molecule has 0 fully saturated rings. The van der Waals surface area contributed by atoms with Crippen molar-refractivity contribution in [3.63, 3.8) is 0 Å². The molecule has 1 aromatic carbocycles. The topological polar surface area (TPSA) is 9.23 Å². The predicted molar refractivity (Wildman–Crippen MR) is 68.3 cm³/mol. The molecule has 1 aromatic heterocycles. The van der Waals surface area contributed by atoms with Crippen LogP contribution in [-0.4, -0.2) is 7.11 Å². The highest BCUT2D eigenvalue weighted by atomic mass is 127. The van der Waals surface area contributed by atoms with E-state index in [0.29, 0.717) is 0 Å². The predicted octanol–water partition coefficient (Wildman–Crippen LogP) is 3.80. The molecule has 0 atom stereocenters. The average Bonchev–Trinajstić information content (AvgIpc) is 2.39. The van der Waals surface area contributed by atoms with Gasteiger partial charge in [-0.05, 0) is 40.8 Å². The van der Waals surface area contributed by atoms with Gasteiger partial charge in [0.05, 0.1) is 7.11 Å². The number of halogens is 1. The van der Waals surface area contributed by atoms with Crippen molar-refractivity contribution >= 4 is 56.6 Å².